The summed E-state index contributed by atoms with van der Waals surface area (Å²) in [5.74, 6) is -0.927. The standard InChI is InChI=1S/C17H24N6O2S.C2HF3O2/c1-26(24,25)23-14-5-2-4-13(10-14)21-17-20-11-15(12-6-7-12)16(22-17)19-9-3-8-18;3-2(4,5)1(6)7/h2,4-5,10-12,23H,3,6-9,18H2,1H3,(H2,19,20,21,22);(H,6,7). The van der Waals surface area contributed by atoms with Gasteiger partial charge in [-0.25, -0.2) is 18.2 Å². The van der Waals surface area contributed by atoms with Crippen LogP contribution < -0.4 is 21.1 Å². The highest BCUT2D eigenvalue weighted by Crippen LogP contribution is 2.42. The van der Waals surface area contributed by atoms with Crippen molar-refractivity contribution in [3.8, 4) is 0 Å². The molecule has 1 fully saturated rings. The average Bonchev–Trinajstić information content (AvgIpc) is 3.52. The number of rotatable bonds is 9. The lowest BCUT2D eigenvalue weighted by Gasteiger charge is -2.13. The molecule has 1 saturated carbocycles. The number of nitrogens with two attached hydrogens (primary N) is 1. The zero-order valence-corrected chi connectivity index (χ0v) is 18.5. The monoisotopic (exact) mass is 490 g/mol. The molecule has 182 valence electrons. The summed E-state index contributed by atoms with van der Waals surface area (Å²) in [6.45, 7) is 1.39. The lowest BCUT2D eigenvalue weighted by Crippen LogP contribution is -2.21. The summed E-state index contributed by atoms with van der Waals surface area (Å²) in [6.07, 6.45) is 1.10. The second-order valence-corrected chi connectivity index (χ2v) is 8.97. The molecule has 0 atom stereocenters. The molecule has 10 nitrogen and oxygen atoms in total. The van der Waals surface area contributed by atoms with E-state index >= 15 is 0 Å². The molecule has 0 bridgehead atoms. The highest BCUT2D eigenvalue weighted by molar-refractivity contribution is 7.92. The molecular formula is C19H25F3N6O4S. The predicted molar refractivity (Wildman–Crippen MR) is 118 cm³/mol. The van der Waals surface area contributed by atoms with E-state index in [9.17, 15) is 21.6 Å². The van der Waals surface area contributed by atoms with Crippen molar-refractivity contribution in [1.82, 2.24) is 9.97 Å². The fourth-order valence-corrected chi connectivity index (χ4v) is 3.15. The van der Waals surface area contributed by atoms with Gasteiger partial charge in [-0.1, -0.05) is 6.07 Å². The van der Waals surface area contributed by atoms with E-state index in [2.05, 4.69) is 25.3 Å². The Kier molecular flexibility index (Phi) is 8.82. The van der Waals surface area contributed by atoms with Crippen molar-refractivity contribution in [1.29, 1.82) is 0 Å². The van der Waals surface area contributed by atoms with E-state index in [1.165, 1.54) is 12.8 Å². The van der Waals surface area contributed by atoms with Crippen LogP contribution in [0.2, 0.25) is 0 Å². The number of carboxylic acids is 1. The number of hydrogen-bond acceptors (Lipinski definition) is 8. The Morgan fingerprint density at radius 3 is 2.45 bits per heavy atom. The number of hydrogen-bond donors (Lipinski definition) is 5. The van der Waals surface area contributed by atoms with Crippen LogP contribution in [-0.4, -0.2) is 55.0 Å². The highest BCUT2D eigenvalue weighted by Gasteiger charge is 2.38. The minimum absolute atomic E-state index is 0.459. The maximum Gasteiger partial charge on any atom is 0.490 e. The fraction of sp³-hybridized carbons (Fsp3) is 0.421. The number of sulfonamides is 1. The highest BCUT2D eigenvalue weighted by atomic mass is 32.2. The molecule has 0 spiro atoms. The Morgan fingerprint density at radius 1 is 1.27 bits per heavy atom. The number of nitrogens with zero attached hydrogens (tertiary/aromatic N) is 2. The normalized spacial score (nSPS) is 13.5. The zero-order chi connectivity index (χ0) is 24.6. The molecule has 1 heterocycles. The number of nitrogens with one attached hydrogen (secondary N) is 3. The summed E-state index contributed by atoms with van der Waals surface area (Å²) in [5, 5.41) is 13.6. The Labute approximate surface area is 188 Å². The lowest BCUT2D eigenvalue weighted by molar-refractivity contribution is -0.192. The maximum atomic E-state index is 11.4. The number of benzene rings is 1. The Morgan fingerprint density at radius 2 is 1.91 bits per heavy atom. The smallest absolute Gasteiger partial charge is 0.475 e. The van der Waals surface area contributed by atoms with Crippen molar-refractivity contribution in [3.05, 3.63) is 36.0 Å². The van der Waals surface area contributed by atoms with Crippen LogP contribution in [0.1, 0.15) is 30.7 Å². The molecule has 3 rings (SSSR count). The number of alkyl halides is 3. The number of anilines is 4. The first-order valence-corrected chi connectivity index (χ1v) is 11.7. The summed E-state index contributed by atoms with van der Waals surface area (Å²) >= 11 is 0. The molecule has 1 aromatic carbocycles. The molecule has 1 aliphatic carbocycles. The third kappa shape index (κ3) is 9.49. The Balaban J connectivity index is 0.000000479. The van der Waals surface area contributed by atoms with E-state index < -0.39 is 22.2 Å². The first-order valence-electron chi connectivity index (χ1n) is 9.85. The molecule has 0 saturated heterocycles. The number of aliphatic carboxylic acids is 1. The van der Waals surface area contributed by atoms with Gasteiger partial charge < -0.3 is 21.5 Å². The topological polar surface area (TPSA) is 159 Å². The summed E-state index contributed by atoms with van der Waals surface area (Å²) < 4.78 is 56.9. The van der Waals surface area contributed by atoms with E-state index in [1.54, 1.807) is 18.2 Å². The number of halogens is 3. The second kappa shape index (κ2) is 11.1. The van der Waals surface area contributed by atoms with Gasteiger partial charge in [-0.3, -0.25) is 4.72 Å². The molecule has 14 heteroatoms. The van der Waals surface area contributed by atoms with Gasteiger partial charge in [-0.2, -0.15) is 18.2 Å². The van der Waals surface area contributed by atoms with Crippen LogP contribution in [0.15, 0.2) is 30.5 Å². The number of carboxylic acid groups (broad SMARTS) is 1. The molecule has 0 unspecified atom stereocenters. The largest absolute Gasteiger partial charge is 0.490 e. The Bertz CT molecular complexity index is 1060. The van der Waals surface area contributed by atoms with Crippen LogP contribution in [0, 0.1) is 0 Å². The zero-order valence-electron chi connectivity index (χ0n) is 17.7. The molecule has 1 aliphatic rings. The third-order valence-electron chi connectivity index (χ3n) is 4.17. The van der Waals surface area contributed by atoms with Crippen LogP contribution in [0.3, 0.4) is 0 Å². The number of aromatic nitrogens is 2. The quantitative estimate of drug-likeness (QED) is 0.333. The molecule has 0 aliphatic heterocycles. The second-order valence-electron chi connectivity index (χ2n) is 7.22. The van der Waals surface area contributed by atoms with E-state index in [0.29, 0.717) is 29.8 Å². The van der Waals surface area contributed by atoms with E-state index in [-0.39, 0.29) is 0 Å². The van der Waals surface area contributed by atoms with E-state index in [1.807, 2.05) is 12.3 Å². The van der Waals surface area contributed by atoms with Crippen molar-refractivity contribution in [3.63, 3.8) is 0 Å². The van der Waals surface area contributed by atoms with Gasteiger partial charge >= 0.3 is 12.1 Å². The van der Waals surface area contributed by atoms with Gasteiger partial charge in [0.05, 0.1) is 11.9 Å². The predicted octanol–water partition coefficient (Wildman–Crippen LogP) is 2.86. The molecule has 2 aromatic rings. The molecule has 0 amide bonds. The van der Waals surface area contributed by atoms with Crippen molar-refractivity contribution < 1.29 is 31.5 Å². The molecule has 6 N–H and O–H groups in total. The van der Waals surface area contributed by atoms with Gasteiger partial charge in [-0.15, -0.1) is 0 Å². The third-order valence-corrected chi connectivity index (χ3v) is 4.78. The van der Waals surface area contributed by atoms with Crippen LogP contribution in [0.25, 0.3) is 0 Å². The van der Waals surface area contributed by atoms with Crippen molar-refractivity contribution in [2.24, 2.45) is 5.73 Å². The molecule has 0 radical (unpaired) electrons. The van der Waals surface area contributed by atoms with Gasteiger partial charge in [0.2, 0.25) is 16.0 Å². The van der Waals surface area contributed by atoms with Crippen molar-refractivity contribution in [2.75, 3.05) is 34.7 Å². The van der Waals surface area contributed by atoms with Crippen LogP contribution >= 0.6 is 0 Å². The van der Waals surface area contributed by atoms with Crippen LogP contribution in [0.4, 0.5) is 36.3 Å². The molecule has 1 aromatic heterocycles. The maximum absolute atomic E-state index is 11.4. The summed E-state index contributed by atoms with van der Waals surface area (Å²) in [5.41, 5.74) is 7.88. The van der Waals surface area contributed by atoms with Gasteiger partial charge in [0.15, 0.2) is 0 Å². The summed E-state index contributed by atoms with van der Waals surface area (Å²) in [4.78, 5) is 17.9. The van der Waals surface area contributed by atoms with Crippen LogP contribution in [-0.2, 0) is 14.8 Å². The molecular weight excluding hydrogens is 465 g/mol. The summed E-state index contributed by atoms with van der Waals surface area (Å²) in [6, 6.07) is 6.96. The molecule has 33 heavy (non-hydrogen) atoms. The Hall–Kier alpha value is -3.13. The number of carbonyl (C=O) groups is 1. The van der Waals surface area contributed by atoms with Gasteiger partial charge in [0, 0.05) is 24.0 Å². The first-order chi connectivity index (χ1) is 15.4. The van der Waals surface area contributed by atoms with Gasteiger partial charge in [0.25, 0.3) is 0 Å². The average molecular weight is 491 g/mol. The van der Waals surface area contributed by atoms with Crippen molar-refractivity contribution >= 4 is 39.1 Å². The minimum atomic E-state index is -5.08. The van der Waals surface area contributed by atoms with Gasteiger partial charge in [-0.05, 0) is 49.9 Å². The minimum Gasteiger partial charge on any atom is -0.475 e. The SMILES string of the molecule is CS(=O)(=O)Nc1cccc(Nc2ncc(C3CC3)c(NCCCN)n2)c1.O=C(O)C(F)(F)F. The first kappa shape index (κ1) is 26.1. The van der Waals surface area contributed by atoms with Crippen molar-refractivity contribution in [2.45, 2.75) is 31.4 Å². The lowest BCUT2D eigenvalue weighted by atomic mass is 10.2. The van der Waals surface area contributed by atoms with Crippen LogP contribution in [0.5, 0.6) is 0 Å². The van der Waals surface area contributed by atoms with Gasteiger partial charge in [0.1, 0.15) is 5.82 Å². The van der Waals surface area contributed by atoms with E-state index in [0.717, 1.165) is 30.6 Å². The summed E-state index contributed by atoms with van der Waals surface area (Å²) in [7, 11) is -3.32. The fourth-order valence-electron chi connectivity index (χ4n) is 2.60. The van der Waals surface area contributed by atoms with E-state index in [4.69, 9.17) is 15.6 Å².